The Hall–Kier alpha value is -3.78. The molecule has 1 saturated heterocycles. The lowest BCUT2D eigenvalue weighted by Crippen LogP contribution is -2.39. The lowest BCUT2D eigenvalue weighted by molar-refractivity contribution is -0.122. The minimum Gasteiger partial charge on any atom is -0.368 e. The van der Waals surface area contributed by atoms with Crippen molar-refractivity contribution in [3.63, 3.8) is 0 Å². The number of aromatic nitrogens is 3. The zero-order valence-corrected chi connectivity index (χ0v) is 20.1. The molecule has 2 amide bonds. The standard InChI is InChI=1S/C27H30N6O2/c1-17-21(18(2)33-27(29-17)22-9-3-4-10-23(22)31-33)12-13-25(34)30-20-8-5-7-19(15-20)16-32-14-6-11-24(32)26(28)35/h3-5,7-10,15,24H,6,11-14,16H2,1-2H3,(H2,28,35)(H,30,34). The molecule has 0 radical (unpaired) electrons. The molecule has 0 aliphatic carbocycles. The summed E-state index contributed by atoms with van der Waals surface area (Å²) in [6, 6.07) is 15.5. The largest absolute Gasteiger partial charge is 0.368 e. The van der Waals surface area contributed by atoms with E-state index in [1.54, 1.807) is 0 Å². The molecule has 0 spiro atoms. The van der Waals surface area contributed by atoms with Gasteiger partial charge in [-0.15, -0.1) is 0 Å². The molecule has 3 heterocycles. The fourth-order valence-corrected chi connectivity index (χ4v) is 5.12. The van der Waals surface area contributed by atoms with Gasteiger partial charge in [-0.2, -0.15) is 5.10 Å². The van der Waals surface area contributed by atoms with E-state index in [4.69, 9.17) is 15.8 Å². The fourth-order valence-electron chi connectivity index (χ4n) is 5.12. The van der Waals surface area contributed by atoms with Crippen molar-refractivity contribution in [3.8, 4) is 0 Å². The Labute approximate surface area is 204 Å². The zero-order chi connectivity index (χ0) is 24.5. The highest BCUT2D eigenvalue weighted by molar-refractivity contribution is 5.92. The molecule has 1 aliphatic rings. The van der Waals surface area contributed by atoms with E-state index in [-0.39, 0.29) is 17.9 Å². The Bertz CT molecular complexity index is 1430. The van der Waals surface area contributed by atoms with Crippen LogP contribution in [0.25, 0.3) is 16.6 Å². The summed E-state index contributed by atoms with van der Waals surface area (Å²) in [5, 5.41) is 8.74. The number of benzene rings is 2. The molecule has 0 saturated carbocycles. The summed E-state index contributed by atoms with van der Waals surface area (Å²) in [5.74, 6) is -0.323. The van der Waals surface area contributed by atoms with Crippen molar-refractivity contribution >= 4 is 34.1 Å². The van der Waals surface area contributed by atoms with E-state index in [0.717, 1.165) is 64.1 Å². The van der Waals surface area contributed by atoms with E-state index in [9.17, 15) is 9.59 Å². The van der Waals surface area contributed by atoms with Crippen LogP contribution < -0.4 is 11.1 Å². The Morgan fingerprint density at radius 1 is 1.14 bits per heavy atom. The molecule has 4 aromatic rings. The highest BCUT2D eigenvalue weighted by Crippen LogP contribution is 2.24. The summed E-state index contributed by atoms with van der Waals surface area (Å²) in [4.78, 5) is 31.4. The third-order valence-corrected chi connectivity index (χ3v) is 6.91. The molecule has 35 heavy (non-hydrogen) atoms. The van der Waals surface area contributed by atoms with E-state index in [1.807, 2.05) is 66.9 Å². The van der Waals surface area contributed by atoms with Gasteiger partial charge in [0.05, 0.1) is 11.6 Å². The summed E-state index contributed by atoms with van der Waals surface area (Å²) in [6.07, 6.45) is 2.70. The van der Waals surface area contributed by atoms with Gasteiger partial charge < -0.3 is 11.1 Å². The zero-order valence-electron chi connectivity index (χ0n) is 20.1. The van der Waals surface area contributed by atoms with Crippen molar-refractivity contribution in [2.75, 3.05) is 11.9 Å². The van der Waals surface area contributed by atoms with Crippen molar-refractivity contribution < 1.29 is 9.59 Å². The van der Waals surface area contributed by atoms with Crippen LogP contribution in [0, 0.1) is 13.8 Å². The van der Waals surface area contributed by atoms with Gasteiger partial charge in [0.15, 0.2) is 5.65 Å². The highest BCUT2D eigenvalue weighted by Gasteiger charge is 2.28. The number of nitrogens with zero attached hydrogens (tertiary/aromatic N) is 4. The second-order valence-electron chi connectivity index (χ2n) is 9.29. The summed E-state index contributed by atoms with van der Waals surface area (Å²) in [6.45, 7) is 5.51. The molecule has 1 aliphatic heterocycles. The first-order chi connectivity index (χ1) is 16.9. The summed E-state index contributed by atoms with van der Waals surface area (Å²) in [5.41, 5.74) is 12.1. The van der Waals surface area contributed by atoms with Crippen LogP contribution in [-0.4, -0.2) is 43.9 Å². The molecule has 0 bridgehead atoms. The summed E-state index contributed by atoms with van der Waals surface area (Å²) >= 11 is 0. The third-order valence-electron chi connectivity index (χ3n) is 6.91. The second-order valence-corrected chi connectivity index (χ2v) is 9.29. The van der Waals surface area contributed by atoms with Crippen molar-refractivity contribution in [3.05, 3.63) is 71.0 Å². The lowest BCUT2D eigenvalue weighted by Gasteiger charge is -2.22. The first-order valence-corrected chi connectivity index (χ1v) is 12.1. The number of carbonyl (C=O) groups is 2. The number of nitrogens with one attached hydrogen (secondary N) is 1. The maximum atomic E-state index is 12.8. The van der Waals surface area contributed by atoms with Crippen LogP contribution in [0.5, 0.6) is 0 Å². The quantitative estimate of drug-likeness (QED) is 0.430. The predicted octanol–water partition coefficient (Wildman–Crippen LogP) is 3.52. The van der Waals surface area contributed by atoms with E-state index in [1.165, 1.54) is 0 Å². The van der Waals surface area contributed by atoms with Gasteiger partial charge in [0.1, 0.15) is 0 Å². The molecule has 2 aromatic carbocycles. The van der Waals surface area contributed by atoms with Crippen LogP contribution in [-0.2, 0) is 22.6 Å². The second kappa shape index (κ2) is 9.46. The Kier molecular flexibility index (Phi) is 6.21. The molecule has 5 rings (SSSR count). The third kappa shape index (κ3) is 4.61. The van der Waals surface area contributed by atoms with Gasteiger partial charge in [0.25, 0.3) is 0 Å². The predicted molar refractivity (Wildman–Crippen MR) is 136 cm³/mol. The molecule has 1 unspecified atom stereocenters. The van der Waals surface area contributed by atoms with Crippen molar-refractivity contribution in [1.82, 2.24) is 19.5 Å². The number of fused-ring (bicyclic) bond motifs is 3. The number of hydrogen-bond acceptors (Lipinski definition) is 5. The number of rotatable bonds is 7. The minimum atomic E-state index is -0.270. The first-order valence-electron chi connectivity index (χ1n) is 12.1. The lowest BCUT2D eigenvalue weighted by atomic mass is 10.1. The van der Waals surface area contributed by atoms with Crippen LogP contribution in [0.2, 0.25) is 0 Å². The smallest absolute Gasteiger partial charge is 0.234 e. The molecule has 8 heteroatoms. The van der Waals surface area contributed by atoms with Crippen molar-refractivity contribution in [2.45, 2.75) is 52.1 Å². The van der Waals surface area contributed by atoms with Gasteiger partial charge in [0, 0.05) is 35.4 Å². The van der Waals surface area contributed by atoms with Gasteiger partial charge in [-0.25, -0.2) is 9.50 Å². The van der Waals surface area contributed by atoms with E-state index < -0.39 is 0 Å². The van der Waals surface area contributed by atoms with Crippen LogP contribution in [0.1, 0.15) is 41.8 Å². The highest BCUT2D eigenvalue weighted by atomic mass is 16.2. The first kappa shape index (κ1) is 23.0. The van der Waals surface area contributed by atoms with Crippen molar-refractivity contribution in [1.29, 1.82) is 0 Å². The topological polar surface area (TPSA) is 106 Å². The van der Waals surface area contributed by atoms with E-state index >= 15 is 0 Å². The molecular formula is C27H30N6O2. The SMILES string of the molecule is Cc1nc2c3ccccc3nn2c(C)c1CCC(=O)Nc1cccc(CN2CCCC2C(N)=O)c1. The molecular weight excluding hydrogens is 440 g/mol. The number of hydrogen-bond donors (Lipinski definition) is 2. The van der Waals surface area contributed by atoms with E-state index in [2.05, 4.69) is 10.2 Å². The number of anilines is 1. The molecule has 8 nitrogen and oxygen atoms in total. The normalized spacial score (nSPS) is 16.2. The maximum absolute atomic E-state index is 12.8. The van der Waals surface area contributed by atoms with Crippen LogP contribution in [0.4, 0.5) is 5.69 Å². The summed E-state index contributed by atoms with van der Waals surface area (Å²) in [7, 11) is 0. The Morgan fingerprint density at radius 3 is 2.80 bits per heavy atom. The maximum Gasteiger partial charge on any atom is 0.234 e. The molecule has 3 N–H and O–H groups in total. The van der Waals surface area contributed by atoms with E-state index in [0.29, 0.717) is 19.4 Å². The monoisotopic (exact) mass is 470 g/mol. The molecule has 180 valence electrons. The van der Waals surface area contributed by atoms with Gasteiger partial charge in [-0.1, -0.05) is 24.3 Å². The number of nitrogens with two attached hydrogens (primary N) is 1. The number of primary amides is 1. The van der Waals surface area contributed by atoms with Crippen LogP contribution in [0.15, 0.2) is 48.5 Å². The Balaban J connectivity index is 1.26. The number of amides is 2. The average molecular weight is 471 g/mol. The molecule has 1 fully saturated rings. The minimum absolute atomic E-state index is 0.0529. The number of aryl methyl sites for hydroxylation is 2. The number of carbonyl (C=O) groups excluding carboxylic acids is 2. The fraction of sp³-hybridized carbons (Fsp3) is 0.333. The average Bonchev–Trinajstić information content (AvgIpc) is 3.44. The Morgan fingerprint density at radius 2 is 1.97 bits per heavy atom. The van der Waals surface area contributed by atoms with Gasteiger partial charge >= 0.3 is 0 Å². The van der Waals surface area contributed by atoms with Crippen LogP contribution >= 0.6 is 0 Å². The van der Waals surface area contributed by atoms with Gasteiger partial charge in [-0.3, -0.25) is 14.5 Å². The van der Waals surface area contributed by atoms with Gasteiger partial charge in [-0.05, 0) is 75.0 Å². The summed E-state index contributed by atoms with van der Waals surface area (Å²) < 4.78 is 1.88. The van der Waals surface area contributed by atoms with Crippen molar-refractivity contribution in [2.24, 2.45) is 5.73 Å². The number of likely N-dealkylation sites (tertiary alicyclic amines) is 1. The van der Waals surface area contributed by atoms with Crippen LogP contribution in [0.3, 0.4) is 0 Å². The molecule has 1 atom stereocenters. The van der Waals surface area contributed by atoms with Gasteiger partial charge in [0.2, 0.25) is 11.8 Å². The molecule has 2 aromatic heterocycles.